The lowest BCUT2D eigenvalue weighted by atomic mass is 9.89. The van der Waals surface area contributed by atoms with E-state index in [9.17, 15) is 5.11 Å². The molecule has 0 spiro atoms. The average molecular weight is 254 g/mol. The van der Waals surface area contributed by atoms with Crippen molar-refractivity contribution >= 4 is 8.07 Å². The highest BCUT2D eigenvalue weighted by molar-refractivity contribution is 6.83. The Morgan fingerprint density at radius 1 is 1.29 bits per heavy atom. The topological polar surface area (TPSA) is 29.5 Å². The third-order valence-electron chi connectivity index (χ3n) is 3.20. The van der Waals surface area contributed by atoms with Gasteiger partial charge in [-0.15, -0.1) is 11.5 Å². The monoisotopic (exact) mass is 254 g/mol. The first-order valence-corrected chi connectivity index (χ1v) is 10.1. The van der Waals surface area contributed by atoms with Crippen molar-refractivity contribution in [1.29, 1.82) is 0 Å². The summed E-state index contributed by atoms with van der Waals surface area (Å²) in [4.78, 5) is 0. The van der Waals surface area contributed by atoms with Crippen LogP contribution in [0.1, 0.15) is 33.1 Å². The highest BCUT2D eigenvalue weighted by Gasteiger charge is 2.31. The van der Waals surface area contributed by atoms with Crippen LogP contribution in [0.5, 0.6) is 0 Å². The van der Waals surface area contributed by atoms with Gasteiger partial charge < -0.3 is 9.84 Å². The third kappa shape index (κ3) is 5.24. The minimum absolute atomic E-state index is 0.0267. The standard InChI is InChI=1S/C14H26O2Si/c1-11-10-13(15)12(2)16-14(11)8-6-7-9-17(3,4)5/h11-15H,6,8,10H2,1-5H3/t11-,12+,13-,14-/m0/s1. The minimum Gasteiger partial charge on any atom is -0.390 e. The van der Waals surface area contributed by atoms with Crippen molar-refractivity contribution in [3.05, 3.63) is 0 Å². The molecular formula is C14H26O2Si. The van der Waals surface area contributed by atoms with Crippen LogP contribution in [0, 0.1) is 17.4 Å². The van der Waals surface area contributed by atoms with Gasteiger partial charge >= 0.3 is 0 Å². The molecular weight excluding hydrogens is 228 g/mol. The number of aliphatic hydroxyl groups is 1. The number of aliphatic hydroxyl groups excluding tert-OH is 1. The summed E-state index contributed by atoms with van der Waals surface area (Å²) in [6.45, 7) is 10.9. The summed E-state index contributed by atoms with van der Waals surface area (Å²) in [6, 6.07) is 0. The van der Waals surface area contributed by atoms with Gasteiger partial charge in [0.1, 0.15) is 8.07 Å². The molecule has 4 atom stereocenters. The molecule has 0 aromatic carbocycles. The first-order chi connectivity index (χ1) is 7.79. The maximum atomic E-state index is 9.70. The van der Waals surface area contributed by atoms with Crippen LogP contribution < -0.4 is 0 Å². The zero-order valence-corrected chi connectivity index (χ0v) is 12.8. The molecule has 2 nitrogen and oxygen atoms in total. The van der Waals surface area contributed by atoms with Gasteiger partial charge in [-0.3, -0.25) is 0 Å². The molecule has 1 aliphatic heterocycles. The molecule has 1 fully saturated rings. The Morgan fingerprint density at radius 2 is 1.94 bits per heavy atom. The lowest BCUT2D eigenvalue weighted by Crippen LogP contribution is -2.41. The van der Waals surface area contributed by atoms with Crippen molar-refractivity contribution < 1.29 is 9.84 Å². The van der Waals surface area contributed by atoms with E-state index in [2.05, 4.69) is 38.0 Å². The van der Waals surface area contributed by atoms with Crippen molar-refractivity contribution in [3.8, 4) is 11.5 Å². The van der Waals surface area contributed by atoms with Crippen LogP contribution in [-0.4, -0.2) is 31.5 Å². The van der Waals surface area contributed by atoms with Crippen molar-refractivity contribution in [1.82, 2.24) is 0 Å². The van der Waals surface area contributed by atoms with Crippen molar-refractivity contribution in [2.45, 2.75) is 71.1 Å². The fourth-order valence-electron chi connectivity index (χ4n) is 2.12. The summed E-state index contributed by atoms with van der Waals surface area (Å²) in [5, 5.41) is 9.70. The highest BCUT2D eigenvalue weighted by Crippen LogP contribution is 2.27. The second kappa shape index (κ2) is 6.04. The molecule has 98 valence electrons. The predicted octanol–water partition coefficient (Wildman–Crippen LogP) is 2.82. The zero-order chi connectivity index (χ0) is 13.1. The molecule has 17 heavy (non-hydrogen) atoms. The first-order valence-electron chi connectivity index (χ1n) is 6.63. The Bertz CT molecular complexity index is 298. The first kappa shape index (κ1) is 14.8. The fraction of sp³-hybridized carbons (Fsp3) is 0.857. The van der Waals surface area contributed by atoms with E-state index in [-0.39, 0.29) is 18.3 Å². The SMILES string of the molecule is C[C@H]1C[C@H](O)[C@@H](C)O[C@H]1CCC#C[Si](C)(C)C. The molecule has 1 aliphatic rings. The molecule has 0 radical (unpaired) electrons. The van der Waals surface area contributed by atoms with E-state index in [4.69, 9.17) is 4.74 Å². The van der Waals surface area contributed by atoms with Crippen LogP contribution in [0.2, 0.25) is 19.6 Å². The van der Waals surface area contributed by atoms with Gasteiger partial charge in [-0.25, -0.2) is 0 Å². The molecule has 0 aromatic rings. The molecule has 0 unspecified atom stereocenters. The molecule has 0 aliphatic carbocycles. The van der Waals surface area contributed by atoms with Gasteiger partial charge in [0.25, 0.3) is 0 Å². The van der Waals surface area contributed by atoms with Crippen molar-refractivity contribution in [3.63, 3.8) is 0 Å². The van der Waals surface area contributed by atoms with Crippen LogP contribution in [0.3, 0.4) is 0 Å². The van der Waals surface area contributed by atoms with E-state index in [0.29, 0.717) is 5.92 Å². The van der Waals surface area contributed by atoms with E-state index in [1.807, 2.05) is 6.92 Å². The molecule has 1 saturated heterocycles. The van der Waals surface area contributed by atoms with E-state index in [1.54, 1.807) is 0 Å². The number of rotatable bonds is 2. The average Bonchev–Trinajstić information content (AvgIpc) is 2.18. The quantitative estimate of drug-likeness (QED) is 0.606. The second-order valence-corrected chi connectivity index (χ2v) is 11.0. The summed E-state index contributed by atoms with van der Waals surface area (Å²) in [7, 11) is -1.23. The molecule has 1 N–H and O–H groups in total. The molecule has 0 aromatic heterocycles. The maximum Gasteiger partial charge on any atom is 0.129 e. The number of hydrogen-bond donors (Lipinski definition) is 1. The van der Waals surface area contributed by atoms with Crippen LogP contribution in [0.15, 0.2) is 0 Å². The van der Waals surface area contributed by atoms with E-state index >= 15 is 0 Å². The molecule has 0 amide bonds. The molecule has 1 heterocycles. The van der Waals surface area contributed by atoms with Gasteiger partial charge in [0.15, 0.2) is 0 Å². The van der Waals surface area contributed by atoms with Gasteiger partial charge in [0, 0.05) is 6.42 Å². The number of hydrogen-bond acceptors (Lipinski definition) is 2. The Labute approximate surface area is 107 Å². The normalized spacial score (nSPS) is 34.0. The Morgan fingerprint density at radius 3 is 2.53 bits per heavy atom. The van der Waals surface area contributed by atoms with Gasteiger partial charge in [-0.2, -0.15) is 0 Å². The van der Waals surface area contributed by atoms with Crippen LogP contribution in [0.4, 0.5) is 0 Å². The molecule has 0 bridgehead atoms. The highest BCUT2D eigenvalue weighted by atomic mass is 28.3. The van der Waals surface area contributed by atoms with Crippen LogP contribution in [-0.2, 0) is 4.74 Å². The summed E-state index contributed by atoms with van der Waals surface area (Å²) < 4.78 is 5.84. The van der Waals surface area contributed by atoms with Crippen LogP contribution in [0.25, 0.3) is 0 Å². The largest absolute Gasteiger partial charge is 0.390 e. The maximum absolute atomic E-state index is 9.70. The lowest BCUT2D eigenvalue weighted by Gasteiger charge is -2.36. The summed E-state index contributed by atoms with van der Waals surface area (Å²) in [5.74, 6) is 3.73. The predicted molar refractivity (Wildman–Crippen MR) is 74.5 cm³/mol. The van der Waals surface area contributed by atoms with Gasteiger partial charge in [-0.05, 0) is 25.7 Å². The lowest BCUT2D eigenvalue weighted by molar-refractivity contribution is -0.134. The third-order valence-corrected chi connectivity index (χ3v) is 4.12. The Hall–Kier alpha value is -0.303. The second-order valence-electron chi connectivity index (χ2n) is 6.25. The van der Waals surface area contributed by atoms with Crippen molar-refractivity contribution in [2.24, 2.45) is 5.92 Å². The van der Waals surface area contributed by atoms with Gasteiger partial charge in [0.05, 0.1) is 18.3 Å². The summed E-state index contributed by atoms with van der Waals surface area (Å²) >= 11 is 0. The fourth-order valence-corrected chi connectivity index (χ4v) is 2.77. The molecule has 3 heteroatoms. The minimum atomic E-state index is -1.23. The zero-order valence-electron chi connectivity index (χ0n) is 11.8. The molecule has 1 rings (SSSR count). The summed E-state index contributed by atoms with van der Waals surface area (Å²) in [5.41, 5.74) is 3.38. The van der Waals surface area contributed by atoms with E-state index < -0.39 is 8.07 Å². The van der Waals surface area contributed by atoms with E-state index in [0.717, 1.165) is 19.3 Å². The van der Waals surface area contributed by atoms with Crippen LogP contribution >= 0.6 is 0 Å². The smallest absolute Gasteiger partial charge is 0.129 e. The van der Waals surface area contributed by atoms with Gasteiger partial charge in [0.2, 0.25) is 0 Å². The molecule has 0 saturated carbocycles. The number of ether oxygens (including phenoxy) is 1. The van der Waals surface area contributed by atoms with Crippen molar-refractivity contribution in [2.75, 3.05) is 0 Å². The Balaban J connectivity index is 2.38. The van der Waals surface area contributed by atoms with E-state index in [1.165, 1.54) is 0 Å². The Kier molecular flexibility index (Phi) is 5.24. The van der Waals surface area contributed by atoms with Gasteiger partial charge in [-0.1, -0.05) is 26.6 Å². The summed E-state index contributed by atoms with van der Waals surface area (Å²) in [6.07, 6.45) is 2.71.